The van der Waals surface area contributed by atoms with E-state index in [-0.39, 0.29) is 32.2 Å². The van der Waals surface area contributed by atoms with Crippen LogP contribution in [0, 0.1) is 6.92 Å². The highest BCUT2D eigenvalue weighted by Crippen LogP contribution is 2.30. The molecule has 0 unspecified atom stereocenters. The Labute approximate surface area is 206 Å². The number of hydrogen-bond acceptors (Lipinski definition) is 3. The van der Waals surface area contributed by atoms with E-state index in [1.165, 1.54) is 18.2 Å². The summed E-state index contributed by atoms with van der Waals surface area (Å²) in [6.45, 7) is 1.22. The van der Waals surface area contributed by atoms with Crippen LogP contribution in [0.3, 0.4) is 0 Å². The highest BCUT2D eigenvalue weighted by Gasteiger charge is 2.28. The molecule has 0 bridgehead atoms. The summed E-state index contributed by atoms with van der Waals surface area (Å²) in [5, 5.41) is 3.76. The molecule has 0 spiro atoms. The minimum atomic E-state index is -4.04. The van der Waals surface area contributed by atoms with Gasteiger partial charge in [0.2, 0.25) is 15.9 Å². The van der Waals surface area contributed by atoms with Crippen molar-refractivity contribution in [3.8, 4) is 0 Å². The van der Waals surface area contributed by atoms with Crippen LogP contribution in [-0.4, -0.2) is 25.2 Å². The van der Waals surface area contributed by atoms with E-state index in [1.54, 1.807) is 42.5 Å². The van der Waals surface area contributed by atoms with Gasteiger partial charge in [0.15, 0.2) is 0 Å². The average Bonchev–Trinajstić information content (AvgIpc) is 2.72. The second-order valence-corrected chi connectivity index (χ2v) is 10.6. The quantitative estimate of drug-likeness (QED) is 0.381. The van der Waals surface area contributed by atoms with Crippen molar-refractivity contribution in [3.63, 3.8) is 0 Å². The molecule has 0 fully saturated rings. The summed E-state index contributed by atoms with van der Waals surface area (Å²) in [4.78, 5) is 12.9. The molecule has 32 heavy (non-hydrogen) atoms. The zero-order valence-electron chi connectivity index (χ0n) is 16.8. The second-order valence-electron chi connectivity index (χ2n) is 6.97. The summed E-state index contributed by atoms with van der Waals surface area (Å²) in [7, 11) is -4.04. The number of amides is 1. The Morgan fingerprint density at radius 1 is 0.906 bits per heavy atom. The molecule has 0 aliphatic rings. The Morgan fingerprint density at radius 2 is 1.53 bits per heavy atom. The molecule has 168 valence electrons. The summed E-state index contributed by atoms with van der Waals surface area (Å²) in [6, 6.07) is 15.8. The number of halogens is 4. The summed E-state index contributed by atoms with van der Waals surface area (Å²) < 4.78 is 27.8. The molecule has 5 nitrogen and oxygen atoms in total. The van der Waals surface area contributed by atoms with Crippen LogP contribution in [0.4, 0.5) is 5.69 Å². The van der Waals surface area contributed by atoms with Gasteiger partial charge in [0, 0.05) is 16.6 Å². The Kier molecular flexibility index (Phi) is 8.09. The fourth-order valence-electron chi connectivity index (χ4n) is 2.88. The number of nitrogens with one attached hydrogen (secondary N) is 1. The summed E-state index contributed by atoms with van der Waals surface area (Å²) in [6.07, 6.45) is 0. The monoisotopic (exact) mass is 530 g/mol. The van der Waals surface area contributed by atoms with E-state index in [2.05, 4.69) is 5.32 Å². The highest BCUT2D eigenvalue weighted by molar-refractivity contribution is 7.89. The molecule has 0 aliphatic heterocycles. The maximum absolute atomic E-state index is 13.4. The molecule has 0 aliphatic carbocycles. The van der Waals surface area contributed by atoms with Crippen LogP contribution < -0.4 is 5.32 Å². The molecular weight excluding hydrogens is 514 g/mol. The first-order valence-electron chi connectivity index (χ1n) is 9.32. The molecule has 1 amide bonds. The van der Waals surface area contributed by atoms with Crippen molar-refractivity contribution in [3.05, 3.63) is 91.9 Å². The number of anilines is 1. The summed E-state index contributed by atoms with van der Waals surface area (Å²) in [5.74, 6) is -0.610. The third-order valence-corrected chi connectivity index (χ3v) is 7.59. The van der Waals surface area contributed by atoms with Crippen LogP contribution in [0.5, 0.6) is 0 Å². The number of para-hydroxylation sites is 1. The van der Waals surface area contributed by atoms with E-state index in [0.717, 1.165) is 9.87 Å². The maximum Gasteiger partial charge on any atom is 0.243 e. The van der Waals surface area contributed by atoms with E-state index in [0.29, 0.717) is 10.6 Å². The smallest absolute Gasteiger partial charge is 0.243 e. The number of hydrogen-bond donors (Lipinski definition) is 1. The van der Waals surface area contributed by atoms with Crippen LogP contribution in [0.25, 0.3) is 0 Å². The van der Waals surface area contributed by atoms with Crippen molar-refractivity contribution in [2.75, 3.05) is 11.9 Å². The SMILES string of the molecule is Cc1ccc(S(=O)(=O)N(CC(=O)Nc2c(Cl)cccc2Cl)Cc2ccc(Cl)cc2Cl)cc1. The standard InChI is InChI=1S/C22H18Cl4N2O3S/c1-14-5-9-17(10-6-14)32(30,31)28(12-15-7-8-16(23)11-20(15)26)13-21(29)27-22-18(24)3-2-4-19(22)25/h2-11H,12-13H2,1H3,(H,27,29). The normalized spacial score (nSPS) is 11.6. The fourth-order valence-corrected chi connectivity index (χ4v) is 5.22. The Morgan fingerprint density at radius 3 is 2.12 bits per heavy atom. The van der Waals surface area contributed by atoms with Crippen LogP contribution in [0.2, 0.25) is 20.1 Å². The van der Waals surface area contributed by atoms with Gasteiger partial charge < -0.3 is 5.32 Å². The van der Waals surface area contributed by atoms with E-state index in [4.69, 9.17) is 46.4 Å². The third-order valence-electron chi connectivity index (χ3n) is 4.57. The first-order chi connectivity index (χ1) is 15.1. The molecule has 3 rings (SSSR count). The maximum atomic E-state index is 13.4. The molecule has 0 saturated carbocycles. The predicted molar refractivity (Wildman–Crippen MR) is 130 cm³/mol. The Balaban J connectivity index is 1.94. The topological polar surface area (TPSA) is 66.5 Å². The molecule has 3 aromatic rings. The van der Waals surface area contributed by atoms with Crippen LogP contribution >= 0.6 is 46.4 Å². The van der Waals surface area contributed by atoms with Gasteiger partial charge in [-0.25, -0.2) is 8.42 Å². The first kappa shape index (κ1) is 24.8. The van der Waals surface area contributed by atoms with Crippen molar-refractivity contribution < 1.29 is 13.2 Å². The lowest BCUT2D eigenvalue weighted by Crippen LogP contribution is -2.37. The molecule has 0 aromatic heterocycles. The molecule has 1 N–H and O–H groups in total. The van der Waals surface area contributed by atoms with Gasteiger partial charge in [-0.1, -0.05) is 76.2 Å². The van der Waals surface area contributed by atoms with Crippen molar-refractivity contribution in [2.24, 2.45) is 0 Å². The van der Waals surface area contributed by atoms with E-state index < -0.39 is 22.5 Å². The van der Waals surface area contributed by atoms with E-state index in [9.17, 15) is 13.2 Å². The molecule has 3 aromatic carbocycles. The second kappa shape index (κ2) is 10.4. The number of carbonyl (C=O) groups excluding carboxylic acids is 1. The third kappa shape index (κ3) is 5.95. The minimum absolute atomic E-state index is 0.0526. The van der Waals surface area contributed by atoms with Crippen molar-refractivity contribution in [1.82, 2.24) is 4.31 Å². The number of benzene rings is 3. The number of nitrogens with zero attached hydrogens (tertiary/aromatic N) is 1. The fraction of sp³-hybridized carbons (Fsp3) is 0.136. The Bertz CT molecular complexity index is 1230. The average molecular weight is 532 g/mol. The van der Waals surface area contributed by atoms with Gasteiger partial charge in [-0.05, 0) is 48.9 Å². The number of carbonyl (C=O) groups is 1. The molecule has 0 atom stereocenters. The molecular formula is C22H18Cl4N2O3S. The lowest BCUT2D eigenvalue weighted by atomic mass is 10.2. The van der Waals surface area contributed by atoms with Crippen LogP contribution in [0.15, 0.2) is 65.6 Å². The van der Waals surface area contributed by atoms with Gasteiger partial charge in [-0.2, -0.15) is 4.31 Å². The van der Waals surface area contributed by atoms with Gasteiger partial charge in [-0.3, -0.25) is 4.79 Å². The van der Waals surface area contributed by atoms with Gasteiger partial charge >= 0.3 is 0 Å². The molecule has 0 saturated heterocycles. The molecule has 0 heterocycles. The van der Waals surface area contributed by atoms with Gasteiger partial charge in [0.25, 0.3) is 0 Å². The highest BCUT2D eigenvalue weighted by atomic mass is 35.5. The number of aryl methyl sites for hydroxylation is 1. The van der Waals surface area contributed by atoms with Crippen molar-refractivity contribution in [1.29, 1.82) is 0 Å². The van der Waals surface area contributed by atoms with Gasteiger partial charge in [-0.15, -0.1) is 0 Å². The largest absolute Gasteiger partial charge is 0.322 e. The van der Waals surface area contributed by atoms with Gasteiger partial charge in [0.1, 0.15) is 0 Å². The van der Waals surface area contributed by atoms with Gasteiger partial charge in [0.05, 0.1) is 27.2 Å². The lowest BCUT2D eigenvalue weighted by Gasteiger charge is -2.23. The molecule has 10 heteroatoms. The minimum Gasteiger partial charge on any atom is -0.322 e. The van der Waals surface area contributed by atoms with Crippen LogP contribution in [0.1, 0.15) is 11.1 Å². The van der Waals surface area contributed by atoms with E-state index >= 15 is 0 Å². The number of sulfonamides is 1. The van der Waals surface area contributed by atoms with E-state index in [1.807, 2.05) is 6.92 Å². The van der Waals surface area contributed by atoms with Crippen molar-refractivity contribution >= 4 is 68.0 Å². The summed E-state index contributed by atoms with van der Waals surface area (Å²) >= 11 is 24.4. The zero-order chi connectivity index (χ0) is 23.5. The van der Waals surface area contributed by atoms with Crippen molar-refractivity contribution in [2.45, 2.75) is 18.4 Å². The molecule has 0 radical (unpaired) electrons. The number of rotatable bonds is 7. The zero-order valence-corrected chi connectivity index (χ0v) is 20.6. The first-order valence-corrected chi connectivity index (χ1v) is 12.3. The lowest BCUT2D eigenvalue weighted by molar-refractivity contribution is -0.116. The van der Waals surface area contributed by atoms with Crippen LogP contribution in [-0.2, 0) is 21.4 Å². The summed E-state index contributed by atoms with van der Waals surface area (Å²) in [5.41, 5.74) is 1.61. The Hall–Kier alpha value is -1.80. The predicted octanol–water partition coefficient (Wildman–Crippen LogP) is 6.44.